The number of nitrogens with two attached hydrogens (primary N) is 1. The van der Waals surface area contributed by atoms with Gasteiger partial charge in [-0.2, -0.15) is 0 Å². The first-order valence-electron chi connectivity index (χ1n) is 10.4. The monoisotopic (exact) mass is 529 g/mol. The molecule has 9 heteroatoms. The molecule has 0 atom stereocenters. The van der Waals surface area contributed by atoms with Crippen LogP contribution in [0.1, 0.15) is 43.7 Å². The molecule has 2 heterocycles. The van der Waals surface area contributed by atoms with Crippen molar-refractivity contribution in [1.29, 1.82) is 0 Å². The minimum Gasteiger partial charge on any atom is -0.450 e. The lowest BCUT2D eigenvalue weighted by Crippen LogP contribution is -2.48. The summed E-state index contributed by atoms with van der Waals surface area (Å²) in [5.41, 5.74) is 8.25. The largest absolute Gasteiger partial charge is 0.450 e. The van der Waals surface area contributed by atoms with Crippen LogP contribution in [-0.2, 0) is 22.6 Å². The van der Waals surface area contributed by atoms with Crippen LogP contribution in [0, 0.1) is 0 Å². The molecule has 2 amide bonds. The summed E-state index contributed by atoms with van der Waals surface area (Å²) in [7, 11) is 0. The Morgan fingerprint density at radius 3 is 2.67 bits per heavy atom. The Balaban J connectivity index is 0.00000320. The molecule has 0 saturated carbocycles. The van der Waals surface area contributed by atoms with E-state index >= 15 is 0 Å². The average Bonchev–Trinajstić information content (AvgIpc) is 3.12. The maximum absolute atomic E-state index is 11.8. The van der Waals surface area contributed by atoms with E-state index in [9.17, 15) is 9.59 Å². The molecule has 0 aromatic heterocycles. The molecular weight excluding hydrogens is 497 g/mol. The van der Waals surface area contributed by atoms with E-state index in [-0.39, 0.29) is 42.0 Å². The number of nitrogens with one attached hydrogen (secondary N) is 1. The van der Waals surface area contributed by atoms with E-state index in [2.05, 4.69) is 16.4 Å². The van der Waals surface area contributed by atoms with Crippen molar-refractivity contribution in [2.24, 2.45) is 10.7 Å². The number of hydrogen-bond donors (Lipinski definition) is 2. The number of carbonyl (C=O) groups is 2. The van der Waals surface area contributed by atoms with Gasteiger partial charge in [0.15, 0.2) is 5.96 Å². The fourth-order valence-corrected chi connectivity index (χ4v) is 3.77. The first-order chi connectivity index (χ1) is 14.0. The van der Waals surface area contributed by atoms with Crippen molar-refractivity contribution in [3.05, 3.63) is 35.4 Å². The predicted octanol–water partition coefficient (Wildman–Crippen LogP) is 2.45. The van der Waals surface area contributed by atoms with E-state index in [1.54, 1.807) is 4.90 Å². The number of ether oxygens (including phenoxy) is 1. The number of nitrogens with zero attached hydrogens (tertiary/aromatic N) is 3. The Morgan fingerprint density at radius 2 is 2.00 bits per heavy atom. The van der Waals surface area contributed by atoms with Crippen molar-refractivity contribution >= 4 is 41.9 Å². The first kappa shape index (κ1) is 24.2. The second-order valence-electron chi connectivity index (χ2n) is 7.54. The topological polar surface area (TPSA) is 100 Å². The molecule has 1 aromatic carbocycles. The summed E-state index contributed by atoms with van der Waals surface area (Å²) in [6, 6.07) is 8.34. The fraction of sp³-hybridized carbons (Fsp3) is 0.571. The Morgan fingerprint density at radius 1 is 1.27 bits per heavy atom. The van der Waals surface area contributed by atoms with Crippen LogP contribution < -0.4 is 11.1 Å². The molecule has 0 unspecified atom stereocenters. The molecule has 166 valence electrons. The van der Waals surface area contributed by atoms with Crippen LogP contribution in [-0.4, -0.2) is 60.0 Å². The van der Waals surface area contributed by atoms with Crippen molar-refractivity contribution in [2.75, 3.05) is 26.2 Å². The molecule has 0 radical (unpaired) electrons. The van der Waals surface area contributed by atoms with E-state index in [1.807, 2.05) is 30.0 Å². The van der Waals surface area contributed by atoms with Crippen molar-refractivity contribution in [3.8, 4) is 0 Å². The van der Waals surface area contributed by atoms with Gasteiger partial charge in [-0.3, -0.25) is 4.79 Å². The summed E-state index contributed by atoms with van der Waals surface area (Å²) in [4.78, 5) is 31.7. The van der Waals surface area contributed by atoms with E-state index in [4.69, 9.17) is 10.5 Å². The molecule has 3 N–H and O–H groups in total. The number of guanidine groups is 1. The number of aliphatic imine (C=N–C) groups is 1. The molecular formula is C21H32IN5O3. The molecule has 2 saturated heterocycles. The quantitative estimate of drug-likeness (QED) is 0.335. The van der Waals surface area contributed by atoms with Gasteiger partial charge in [0.25, 0.3) is 0 Å². The Hall–Kier alpha value is -2.04. The highest BCUT2D eigenvalue weighted by Crippen LogP contribution is 2.16. The molecule has 2 aliphatic rings. The highest BCUT2D eigenvalue weighted by atomic mass is 127. The summed E-state index contributed by atoms with van der Waals surface area (Å²) in [5, 5.41) is 3.26. The van der Waals surface area contributed by atoms with Crippen LogP contribution in [0.3, 0.4) is 0 Å². The Labute approximate surface area is 195 Å². The van der Waals surface area contributed by atoms with E-state index in [0.29, 0.717) is 45.2 Å². The molecule has 8 nitrogen and oxygen atoms in total. The van der Waals surface area contributed by atoms with Crippen LogP contribution in [0.4, 0.5) is 4.79 Å². The smallest absolute Gasteiger partial charge is 0.409 e. The van der Waals surface area contributed by atoms with Gasteiger partial charge >= 0.3 is 6.09 Å². The van der Waals surface area contributed by atoms with Gasteiger partial charge in [-0.25, -0.2) is 9.79 Å². The highest BCUT2D eigenvalue weighted by molar-refractivity contribution is 14.0. The third-order valence-electron chi connectivity index (χ3n) is 5.34. The van der Waals surface area contributed by atoms with Crippen LogP contribution in [0.5, 0.6) is 0 Å². The summed E-state index contributed by atoms with van der Waals surface area (Å²) in [6.07, 6.45) is 2.99. The number of benzene rings is 1. The molecule has 2 fully saturated rings. The van der Waals surface area contributed by atoms with E-state index in [0.717, 1.165) is 36.9 Å². The molecule has 0 bridgehead atoms. The number of likely N-dealkylation sites (tertiary alicyclic amines) is 2. The molecule has 3 rings (SSSR count). The minimum absolute atomic E-state index is 0. The predicted molar refractivity (Wildman–Crippen MR) is 127 cm³/mol. The number of halogens is 1. The Bertz CT molecular complexity index is 750. The second kappa shape index (κ2) is 12.0. The number of carbonyl (C=O) groups excluding carboxylic acids is 2. The zero-order valence-corrected chi connectivity index (χ0v) is 19.8. The van der Waals surface area contributed by atoms with E-state index in [1.165, 1.54) is 0 Å². The number of amides is 2. The summed E-state index contributed by atoms with van der Waals surface area (Å²) in [5.74, 6) is 0.649. The van der Waals surface area contributed by atoms with Crippen molar-refractivity contribution in [3.63, 3.8) is 0 Å². The highest BCUT2D eigenvalue weighted by Gasteiger charge is 2.23. The van der Waals surface area contributed by atoms with Crippen molar-refractivity contribution < 1.29 is 14.3 Å². The first-order valence-corrected chi connectivity index (χ1v) is 10.4. The normalized spacial score (nSPS) is 17.6. The van der Waals surface area contributed by atoms with Gasteiger partial charge in [-0.15, -0.1) is 24.0 Å². The molecule has 0 spiro atoms. The lowest BCUT2D eigenvalue weighted by atomic mass is 10.1. The maximum Gasteiger partial charge on any atom is 0.409 e. The SMILES string of the molecule is CCOC(=O)N1CCC(NC(N)=NCc2cccc(CN3CCCC3=O)c2)CC1.I. The zero-order valence-electron chi connectivity index (χ0n) is 17.5. The minimum atomic E-state index is -0.247. The summed E-state index contributed by atoms with van der Waals surface area (Å²) >= 11 is 0. The molecule has 1 aromatic rings. The van der Waals surface area contributed by atoms with Crippen LogP contribution in [0.15, 0.2) is 29.3 Å². The van der Waals surface area contributed by atoms with Crippen molar-refractivity contribution in [1.82, 2.24) is 15.1 Å². The van der Waals surface area contributed by atoms with E-state index < -0.39 is 0 Å². The number of piperidine rings is 1. The zero-order chi connectivity index (χ0) is 20.6. The van der Waals surface area contributed by atoms with Gasteiger partial charge < -0.3 is 25.6 Å². The number of hydrogen-bond acceptors (Lipinski definition) is 4. The third-order valence-corrected chi connectivity index (χ3v) is 5.34. The fourth-order valence-electron chi connectivity index (χ4n) is 3.77. The third kappa shape index (κ3) is 7.03. The maximum atomic E-state index is 11.8. The van der Waals surface area contributed by atoms with Gasteiger partial charge in [0.1, 0.15) is 0 Å². The van der Waals surface area contributed by atoms with Gasteiger partial charge in [-0.05, 0) is 37.3 Å². The summed E-state index contributed by atoms with van der Waals surface area (Å²) in [6.45, 7) is 5.50. The molecule has 0 aliphatic carbocycles. The van der Waals surface area contributed by atoms with Crippen LogP contribution in [0.25, 0.3) is 0 Å². The van der Waals surface area contributed by atoms with Crippen molar-refractivity contribution in [2.45, 2.75) is 51.7 Å². The lowest BCUT2D eigenvalue weighted by molar-refractivity contribution is -0.128. The molecule has 2 aliphatic heterocycles. The summed E-state index contributed by atoms with van der Waals surface area (Å²) < 4.78 is 5.04. The van der Waals surface area contributed by atoms with Gasteiger partial charge in [0.05, 0.1) is 13.2 Å². The molecule has 30 heavy (non-hydrogen) atoms. The standard InChI is InChI=1S/C21H31N5O3.HI/c1-2-29-21(28)25-11-8-18(9-12-25)24-20(22)23-14-16-5-3-6-17(13-16)15-26-10-4-7-19(26)27;/h3,5-6,13,18H,2,4,7-12,14-15H2,1H3,(H3,22,23,24);1H. The van der Waals surface area contributed by atoms with Gasteiger partial charge in [-0.1, -0.05) is 24.3 Å². The van der Waals surface area contributed by atoms with Crippen LogP contribution >= 0.6 is 24.0 Å². The lowest BCUT2D eigenvalue weighted by Gasteiger charge is -2.31. The Kier molecular flexibility index (Phi) is 9.67. The average molecular weight is 529 g/mol. The van der Waals surface area contributed by atoms with Gasteiger partial charge in [0, 0.05) is 38.6 Å². The van der Waals surface area contributed by atoms with Gasteiger partial charge in [0.2, 0.25) is 5.91 Å². The second-order valence-corrected chi connectivity index (χ2v) is 7.54. The number of rotatable bonds is 6. The van der Waals surface area contributed by atoms with Crippen LogP contribution in [0.2, 0.25) is 0 Å².